The van der Waals surface area contributed by atoms with Crippen molar-refractivity contribution in [2.24, 2.45) is 0 Å². The lowest BCUT2D eigenvalue weighted by atomic mass is 10.1. The molecule has 1 saturated heterocycles. The molecule has 1 aliphatic heterocycles. The van der Waals surface area contributed by atoms with Crippen LogP contribution in [0.5, 0.6) is 0 Å². The number of benzene rings is 1. The smallest absolute Gasteiger partial charge is 0.270 e. The van der Waals surface area contributed by atoms with Crippen molar-refractivity contribution < 1.29 is 9.72 Å². The number of non-ortho nitro benzene ring substituents is 1. The van der Waals surface area contributed by atoms with Gasteiger partial charge in [0.2, 0.25) is 0 Å². The maximum Gasteiger partial charge on any atom is 0.270 e. The van der Waals surface area contributed by atoms with Crippen molar-refractivity contribution in [3.8, 4) is 0 Å². The zero-order valence-electron chi connectivity index (χ0n) is 11.7. The summed E-state index contributed by atoms with van der Waals surface area (Å²) in [6.07, 6.45) is 1.09. The average Bonchev–Trinajstić information content (AvgIpc) is 2.46. The molecule has 5 nitrogen and oxygen atoms in total. The molecule has 1 atom stereocenters. The van der Waals surface area contributed by atoms with E-state index in [-0.39, 0.29) is 11.5 Å². The van der Waals surface area contributed by atoms with Crippen molar-refractivity contribution in [2.75, 3.05) is 23.7 Å². The van der Waals surface area contributed by atoms with Crippen LogP contribution in [0.2, 0.25) is 0 Å². The fourth-order valence-electron chi connectivity index (χ4n) is 2.38. The molecular weight excluding hydrogens is 276 g/mol. The first-order valence-corrected chi connectivity index (χ1v) is 7.73. The van der Waals surface area contributed by atoms with Crippen molar-refractivity contribution in [2.45, 2.75) is 25.5 Å². The Morgan fingerprint density at radius 2 is 2.30 bits per heavy atom. The lowest BCUT2D eigenvalue weighted by molar-refractivity contribution is -0.384. The van der Waals surface area contributed by atoms with Gasteiger partial charge in [-0.2, -0.15) is 11.8 Å². The van der Waals surface area contributed by atoms with E-state index < -0.39 is 4.92 Å². The Labute approximate surface area is 122 Å². The van der Waals surface area contributed by atoms with Crippen LogP contribution in [0.3, 0.4) is 0 Å². The molecule has 1 aromatic carbocycles. The van der Waals surface area contributed by atoms with Crippen molar-refractivity contribution in [1.82, 2.24) is 0 Å². The SMILES string of the molecule is CCC1CN(c2ccc([N+](=O)[O-])cc2C(C)=O)CCS1. The van der Waals surface area contributed by atoms with Crippen LogP contribution >= 0.6 is 11.8 Å². The topological polar surface area (TPSA) is 63.4 Å². The highest BCUT2D eigenvalue weighted by molar-refractivity contribution is 8.00. The molecular formula is C14H18N2O3S. The lowest BCUT2D eigenvalue weighted by Gasteiger charge is -2.34. The van der Waals surface area contributed by atoms with Gasteiger partial charge < -0.3 is 4.90 Å². The summed E-state index contributed by atoms with van der Waals surface area (Å²) in [6.45, 7) is 5.37. The van der Waals surface area contributed by atoms with Gasteiger partial charge in [0.1, 0.15) is 0 Å². The number of hydrogen-bond acceptors (Lipinski definition) is 5. The Balaban J connectivity index is 2.35. The van der Waals surface area contributed by atoms with Crippen molar-refractivity contribution in [3.05, 3.63) is 33.9 Å². The molecule has 0 saturated carbocycles. The number of nitro benzene ring substituents is 1. The molecule has 1 unspecified atom stereocenters. The molecule has 108 valence electrons. The van der Waals surface area contributed by atoms with E-state index >= 15 is 0 Å². The van der Waals surface area contributed by atoms with E-state index in [1.807, 2.05) is 11.8 Å². The minimum atomic E-state index is -0.461. The van der Waals surface area contributed by atoms with Crippen LogP contribution < -0.4 is 4.90 Å². The summed E-state index contributed by atoms with van der Waals surface area (Å²) in [7, 11) is 0. The molecule has 0 spiro atoms. The van der Waals surface area contributed by atoms with E-state index in [0.717, 1.165) is 31.0 Å². The Kier molecular flexibility index (Phi) is 4.65. The predicted molar refractivity (Wildman–Crippen MR) is 81.9 cm³/mol. The van der Waals surface area contributed by atoms with Gasteiger partial charge in [0.15, 0.2) is 5.78 Å². The molecule has 1 heterocycles. The fraction of sp³-hybridized carbons (Fsp3) is 0.500. The molecule has 1 aliphatic rings. The molecule has 0 N–H and O–H groups in total. The number of carbonyl (C=O) groups excluding carboxylic acids is 1. The summed E-state index contributed by atoms with van der Waals surface area (Å²) in [5.74, 6) is 0.891. The second-order valence-corrected chi connectivity index (χ2v) is 6.27. The van der Waals surface area contributed by atoms with Gasteiger partial charge in [-0.15, -0.1) is 0 Å². The summed E-state index contributed by atoms with van der Waals surface area (Å²) < 4.78 is 0. The Hall–Kier alpha value is -1.56. The maximum absolute atomic E-state index is 11.8. The zero-order valence-corrected chi connectivity index (χ0v) is 12.5. The summed E-state index contributed by atoms with van der Waals surface area (Å²) >= 11 is 1.95. The second-order valence-electron chi connectivity index (χ2n) is 4.86. The minimum Gasteiger partial charge on any atom is -0.369 e. The predicted octanol–water partition coefficient (Wildman–Crippen LogP) is 3.13. The highest BCUT2D eigenvalue weighted by Gasteiger charge is 2.23. The normalized spacial score (nSPS) is 18.9. The van der Waals surface area contributed by atoms with Crippen LogP contribution in [-0.2, 0) is 0 Å². The molecule has 20 heavy (non-hydrogen) atoms. The molecule has 1 aromatic rings. The lowest BCUT2D eigenvalue weighted by Crippen LogP contribution is -2.38. The molecule has 1 fully saturated rings. The first-order valence-electron chi connectivity index (χ1n) is 6.68. The van der Waals surface area contributed by atoms with Crippen LogP contribution in [0.25, 0.3) is 0 Å². The van der Waals surface area contributed by atoms with Crippen molar-refractivity contribution in [3.63, 3.8) is 0 Å². The third kappa shape index (κ3) is 3.12. The monoisotopic (exact) mass is 294 g/mol. The summed E-state index contributed by atoms with van der Waals surface area (Å²) in [5, 5.41) is 11.4. The number of nitrogens with zero attached hydrogens (tertiary/aromatic N) is 2. The number of rotatable bonds is 4. The first kappa shape index (κ1) is 14.8. The highest BCUT2D eigenvalue weighted by atomic mass is 32.2. The van der Waals surface area contributed by atoms with E-state index in [2.05, 4.69) is 11.8 Å². The van der Waals surface area contributed by atoms with Gasteiger partial charge in [0.25, 0.3) is 5.69 Å². The van der Waals surface area contributed by atoms with Crippen molar-refractivity contribution in [1.29, 1.82) is 0 Å². The van der Waals surface area contributed by atoms with Gasteiger partial charge in [0.05, 0.1) is 4.92 Å². The van der Waals surface area contributed by atoms with E-state index in [4.69, 9.17) is 0 Å². The number of hydrogen-bond donors (Lipinski definition) is 0. The molecule has 2 rings (SSSR count). The maximum atomic E-state index is 11.8. The second kappa shape index (κ2) is 6.26. The van der Waals surface area contributed by atoms with Gasteiger partial charge in [-0.25, -0.2) is 0 Å². The van der Waals surface area contributed by atoms with Crippen LogP contribution in [0.15, 0.2) is 18.2 Å². The zero-order chi connectivity index (χ0) is 14.7. The van der Waals surface area contributed by atoms with Crippen LogP contribution in [-0.4, -0.2) is 34.8 Å². The molecule has 0 amide bonds. The minimum absolute atomic E-state index is 0.0302. The Morgan fingerprint density at radius 3 is 2.90 bits per heavy atom. The van der Waals surface area contributed by atoms with Gasteiger partial charge in [-0.1, -0.05) is 6.92 Å². The van der Waals surface area contributed by atoms with E-state index in [0.29, 0.717) is 10.8 Å². The largest absolute Gasteiger partial charge is 0.369 e. The van der Waals surface area contributed by atoms with E-state index in [1.54, 1.807) is 6.07 Å². The Bertz CT molecular complexity index is 533. The first-order chi connectivity index (χ1) is 9.52. The number of nitro groups is 1. The molecule has 0 aliphatic carbocycles. The number of thioether (sulfide) groups is 1. The number of Topliss-reactive ketones (excluding diaryl/α,β-unsaturated/α-hetero) is 1. The van der Waals surface area contributed by atoms with E-state index in [9.17, 15) is 14.9 Å². The molecule has 6 heteroatoms. The Morgan fingerprint density at radius 1 is 1.55 bits per heavy atom. The third-order valence-corrected chi connectivity index (χ3v) is 4.88. The summed E-state index contributed by atoms with van der Waals surface area (Å²) in [6, 6.07) is 4.57. The van der Waals surface area contributed by atoms with E-state index in [1.165, 1.54) is 19.1 Å². The standard InChI is InChI=1S/C14H18N2O3S/c1-3-12-9-15(6-7-20-12)14-5-4-11(16(18)19)8-13(14)10(2)17/h4-5,8,12H,3,6-7,9H2,1-2H3. The third-order valence-electron chi connectivity index (χ3n) is 3.51. The number of anilines is 1. The van der Waals surface area contributed by atoms with Crippen LogP contribution in [0, 0.1) is 10.1 Å². The summed E-state index contributed by atoms with van der Waals surface area (Å²) in [4.78, 5) is 24.3. The average molecular weight is 294 g/mol. The molecule has 0 radical (unpaired) electrons. The van der Waals surface area contributed by atoms with Crippen LogP contribution in [0.1, 0.15) is 30.6 Å². The molecule has 0 bridgehead atoms. The van der Waals surface area contributed by atoms with Crippen LogP contribution in [0.4, 0.5) is 11.4 Å². The van der Waals surface area contributed by atoms with Gasteiger partial charge in [0, 0.05) is 47.5 Å². The molecule has 0 aromatic heterocycles. The van der Waals surface area contributed by atoms with Gasteiger partial charge in [-0.05, 0) is 19.4 Å². The number of carbonyl (C=O) groups is 1. The summed E-state index contributed by atoms with van der Waals surface area (Å²) in [5.41, 5.74) is 1.24. The van der Waals surface area contributed by atoms with Crippen molar-refractivity contribution >= 4 is 28.9 Å². The van der Waals surface area contributed by atoms with Gasteiger partial charge >= 0.3 is 0 Å². The van der Waals surface area contributed by atoms with Gasteiger partial charge in [-0.3, -0.25) is 14.9 Å². The number of ketones is 1. The fourth-order valence-corrected chi connectivity index (χ4v) is 3.56. The highest BCUT2D eigenvalue weighted by Crippen LogP contribution is 2.30. The quantitative estimate of drug-likeness (QED) is 0.485.